The average molecular weight is 421 g/mol. The van der Waals surface area contributed by atoms with Crippen molar-refractivity contribution in [1.82, 2.24) is 4.98 Å². The van der Waals surface area contributed by atoms with E-state index >= 15 is 0 Å². The molecular weight excluding hydrogens is 402 g/mol. The molecule has 0 unspecified atom stereocenters. The monoisotopic (exact) mass is 421 g/mol. The number of benzene rings is 5. The Bertz CT molecular complexity index is 1710. The van der Waals surface area contributed by atoms with Crippen molar-refractivity contribution in [1.29, 1.82) is 0 Å². The largest absolute Gasteiger partial charge is 0.457 e. The van der Waals surface area contributed by atoms with Crippen molar-refractivity contribution in [2.75, 3.05) is 0 Å². The number of rotatable bonds is 0. The second-order valence-electron chi connectivity index (χ2n) is 8.97. The van der Waals surface area contributed by atoms with Gasteiger partial charge in [0.1, 0.15) is 11.5 Å². The summed E-state index contributed by atoms with van der Waals surface area (Å²) in [7, 11) is 0. The van der Waals surface area contributed by atoms with E-state index in [1.807, 2.05) is 0 Å². The number of hydrogen-bond donors (Lipinski definition) is 1. The standard InChI is InChI=1S/C31H19NO/c1-3-11-23-19(9-1)21-17-18-22-20-10-2-6-14-26(20)32-30(22)29(21)31(23)24-12-4-7-15-27(24)33-28-16-8-5-13-25(28)31/h1-18,32H. The molecular formula is C31H19NO. The molecule has 2 heteroatoms. The zero-order valence-corrected chi connectivity index (χ0v) is 17.8. The normalized spacial score (nSPS) is 14.5. The van der Waals surface area contributed by atoms with Gasteiger partial charge in [-0.05, 0) is 34.9 Å². The maximum Gasteiger partial charge on any atom is 0.132 e. The SMILES string of the molecule is c1ccc2c(c1)Oc1ccccc1C21c2ccccc2-c2ccc3c([nH]c4ccccc43)c21. The van der Waals surface area contributed by atoms with Gasteiger partial charge < -0.3 is 9.72 Å². The number of para-hydroxylation sites is 3. The van der Waals surface area contributed by atoms with Crippen LogP contribution in [0.3, 0.4) is 0 Å². The topological polar surface area (TPSA) is 25.0 Å². The molecule has 2 aliphatic rings. The van der Waals surface area contributed by atoms with Crippen molar-refractivity contribution in [3.63, 3.8) is 0 Å². The van der Waals surface area contributed by atoms with Crippen LogP contribution in [0.2, 0.25) is 0 Å². The minimum Gasteiger partial charge on any atom is -0.457 e. The van der Waals surface area contributed by atoms with E-state index in [9.17, 15) is 0 Å². The summed E-state index contributed by atoms with van der Waals surface area (Å²) in [6.45, 7) is 0. The Hall–Kier alpha value is -4.30. The molecule has 5 aromatic carbocycles. The van der Waals surface area contributed by atoms with Crippen LogP contribution >= 0.6 is 0 Å². The molecule has 2 nitrogen and oxygen atoms in total. The second kappa shape index (κ2) is 5.93. The minimum atomic E-state index is -0.447. The summed E-state index contributed by atoms with van der Waals surface area (Å²) >= 11 is 0. The summed E-state index contributed by atoms with van der Waals surface area (Å²) in [5.41, 5.74) is 9.53. The van der Waals surface area contributed by atoms with E-state index in [1.165, 1.54) is 55.2 Å². The maximum atomic E-state index is 6.46. The summed E-state index contributed by atoms with van der Waals surface area (Å²) in [5.74, 6) is 1.85. The van der Waals surface area contributed by atoms with E-state index in [4.69, 9.17) is 4.74 Å². The van der Waals surface area contributed by atoms with Gasteiger partial charge in [-0.1, -0.05) is 91.0 Å². The highest BCUT2D eigenvalue weighted by Crippen LogP contribution is 2.63. The Morgan fingerprint density at radius 3 is 1.94 bits per heavy atom. The molecule has 6 aromatic rings. The second-order valence-corrected chi connectivity index (χ2v) is 8.97. The quantitative estimate of drug-likeness (QED) is 0.266. The summed E-state index contributed by atoms with van der Waals surface area (Å²) in [6, 6.07) is 39.1. The Kier molecular flexibility index (Phi) is 3.11. The van der Waals surface area contributed by atoms with E-state index in [-0.39, 0.29) is 0 Å². The van der Waals surface area contributed by atoms with Crippen LogP contribution in [0.25, 0.3) is 32.9 Å². The Morgan fingerprint density at radius 2 is 1.15 bits per heavy atom. The smallest absolute Gasteiger partial charge is 0.132 e. The van der Waals surface area contributed by atoms with Gasteiger partial charge in [-0.15, -0.1) is 0 Å². The molecule has 0 radical (unpaired) electrons. The lowest BCUT2D eigenvalue weighted by atomic mass is 9.66. The summed E-state index contributed by atoms with van der Waals surface area (Å²) in [6.07, 6.45) is 0. The summed E-state index contributed by atoms with van der Waals surface area (Å²) < 4.78 is 6.46. The highest BCUT2D eigenvalue weighted by Gasteiger charge is 2.52. The fourth-order valence-corrected chi connectivity index (χ4v) is 6.27. The van der Waals surface area contributed by atoms with Gasteiger partial charge in [-0.2, -0.15) is 0 Å². The first-order valence-corrected chi connectivity index (χ1v) is 11.4. The minimum absolute atomic E-state index is 0.447. The number of nitrogens with one attached hydrogen (secondary N) is 1. The molecule has 0 bridgehead atoms. The number of aromatic nitrogens is 1. The van der Waals surface area contributed by atoms with Gasteiger partial charge in [0.15, 0.2) is 0 Å². The molecule has 1 aliphatic carbocycles. The van der Waals surface area contributed by atoms with Crippen molar-refractivity contribution in [3.05, 3.63) is 131 Å². The molecule has 0 atom stereocenters. The molecule has 1 N–H and O–H groups in total. The third kappa shape index (κ3) is 1.96. The third-order valence-corrected chi connectivity index (χ3v) is 7.48. The van der Waals surface area contributed by atoms with Crippen LogP contribution in [-0.4, -0.2) is 4.98 Å². The lowest BCUT2D eigenvalue weighted by Crippen LogP contribution is -2.32. The Morgan fingerprint density at radius 1 is 0.515 bits per heavy atom. The van der Waals surface area contributed by atoms with E-state index in [0.29, 0.717) is 0 Å². The molecule has 1 aliphatic heterocycles. The third-order valence-electron chi connectivity index (χ3n) is 7.48. The number of aromatic amines is 1. The van der Waals surface area contributed by atoms with Gasteiger partial charge in [0.05, 0.1) is 10.9 Å². The molecule has 2 heterocycles. The molecule has 0 amide bonds. The fourth-order valence-electron chi connectivity index (χ4n) is 6.27. The molecule has 33 heavy (non-hydrogen) atoms. The lowest BCUT2D eigenvalue weighted by molar-refractivity contribution is 0.437. The fraction of sp³-hybridized carbons (Fsp3) is 0.0323. The van der Waals surface area contributed by atoms with Crippen LogP contribution in [0.1, 0.15) is 22.3 Å². The molecule has 1 spiro atoms. The summed E-state index contributed by atoms with van der Waals surface area (Å²) in [4.78, 5) is 3.81. The van der Waals surface area contributed by atoms with Crippen LogP contribution in [0.5, 0.6) is 11.5 Å². The molecule has 154 valence electrons. The highest BCUT2D eigenvalue weighted by atomic mass is 16.5. The first-order chi connectivity index (χ1) is 16.4. The first-order valence-electron chi connectivity index (χ1n) is 11.4. The Balaban J connectivity index is 1.66. The average Bonchev–Trinajstić information content (AvgIpc) is 3.39. The predicted octanol–water partition coefficient (Wildman–Crippen LogP) is 7.79. The van der Waals surface area contributed by atoms with Crippen molar-refractivity contribution >= 4 is 21.8 Å². The van der Waals surface area contributed by atoms with Crippen LogP contribution < -0.4 is 4.74 Å². The lowest BCUT2D eigenvalue weighted by Gasteiger charge is -2.39. The predicted molar refractivity (Wildman–Crippen MR) is 133 cm³/mol. The molecule has 0 saturated heterocycles. The van der Waals surface area contributed by atoms with Gasteiger partial charge in [0.2, 0.25) is 0 Å². The van der Waals surface area contributed by atoms with Crippen molar-refractivity contribution in [2.45, 2.75) is 5.41 Å². The van der Waals surface area contributed by atoms with E-state index in [0.717, 1.165) is 11.5 Å². The molecule has 8 rings (SSSR count). The van der Waals surface area contributed by atoms with Gasteiger partial charge in [-0.3, -0.25) is 0 Å². The number of hydrogen-bond acceptors (Lipinski definition) is 1. The zero-order valence-electron chi connectivity index (χ0n) is 17.8. The van der Waals surface area contributed by atoms with E-state index in [1.54, 1.807) is 0 Å². The maximum absolute atomic E-state index is 6.46. The van der Waals surface area contributed by atoms with Gasteiger partial charge in [0, 0.05) is 33.0 Å². The van der Waals surface area contributed by atoms with E-state index in [2.05, 4.69) is 114 Å². The van der Waals surface area contributed by atoms with E-state index < -0.39 is 5.41 Å². The van der Waals surface area contributed by atoms with Gasteiger partial charge in [0.25, 0.3) is 0 Å². The van der Waals surface area contributed by atoms with Crippen LogP contribution in [-0.2, 0) is 5.41 Å². The van der Waals surface area contributed by atoms with Crippen LogP contribution in [0, 0.1) is 0 Å². The molecule has 1 aromatic heterocycles. The van der Waals surface area contributed by atoms with Crippen molar-refractivity contribution in [2.24, 2.45) is 0 Å². The first kappa shape index (κ1) is 17.3. The van der Waals surface area contributed by atoms with Crippen molar-refractivity contribution in [3.8, 4) is 22.6 Å². The summed E-state index contributed by atoms with van der Waals surface area (Å²) in [5, 5.41) is 2.52. The highest BCUT2D eigenvalue weighted by molar-refractivity contribution is 6.12. The van der Waals surface area contributed by atoms with Crippen LogP contribution in [0.4, 0.5) is 0 Å². The van der Waals surface area contributed by atoms with Gasteiger partial charge >= 0.3 is 0 Å². The zero-order chi connectivity index (χ0) is 21.6. The van der Waals surface area contributed by atoms with Crippen LogP contribution in [0.15, 0.2) is 109 Å². The number of fused-ring (bicyclic) bond motifs is 13. The molecule has 0 fully saturated rings. The Labute approximate surface area is 191 Å². The van der Waals surface area contributed by atoms with Gasteiger partial charge in [-0.25, -0.2) is 0 Å². The number of ether oxygens (including phenoxy) is 1. The number of H-pyrrole nitrogens is 1. The van der Waals surface area contributed by atoms with Crippen molar-refractivity contribution < 1.29 is 4.74 Å². The molecule has 0 saturated carbocycles.